The molecule has 26 heavy (non-hydrogen) atoms. The van der Waals surface area contributed by atoms with Crippen molar-refractivity contribution < 1.29 is 22.7 Å². The molecule has 0 bridgehead atoms. The van der Waals surface area contributed by atoms with Gasteiger partial charge in [0, 0.05) is 12.1 Å². The molecule has 7 nitrogen and oxygen atoms in total. The Balaban J connectivity index is 2.44. The van der Waals surface area contributed by atoms with Gasteiger partial charge in [0.25, 0.3) is 0 Å². The number of nitrogens with two attached hydrogens (primary N) is 1. The molecule has 2 rings (SSSR count). The molecule has 138 valence electrons. The second kappa shape index (κ2) is 8.11. The zero-order valence-electron chi connectivity index (χ0n) is 14.5. The molecular formula is C18H20N2O5S. The van der Waals surface area contributed by atoms with E-state index < -0.39 is 27.9 Å². The first-order valence-electron chi connectivity index (χ1n) is 7.81. The molecule has 0 heterocycles. The number of carbonyl (C=O) groups excluding carboxylic acids is 2. The molecule has 0 aliphatic rings. The lowest BCUT2D eigenvalue weighted by Gasteiger charge is -2.26. The summed E-state index contributed by atoms with van der Waals surface area (Å²) < 4.78 is 31.9. The van der Waals surface area contributed by atoms with Gasteiger partial charge in [0.05, 0.1) is 12.0 Å². The molecule has 2 N–H and O–H groups in total. The number of ether oxygens (including phenoxy) is 1. The number of primary amides is 1. The smallest absolute Gasteiger partial charge is 0.323 e. The van der Waals surface area contributed by atoms with Gasteiger partial charge in [-0.2, -0.15) is 4.31 Å². The van der Waals surface area contributed by atoms with Crippen LogP contribution in [-0.4, -0.2) is 37.8 Å². The van der Waals surface area contributed by atoms with Crippen LogP contribution in [0.4, 0.5) is 0 Å². The predicted molar refractivity (Wildman–Crippen MR) is 95.6 cm³/mol. The van der Waals surface area contributed by atoms with E-state index in [0.717, 1.165) is 9.87 Å². The number of hydrogen-bond donors (Lipinski definition) is 1. The summed E-state index contributed by atoms with van der Waals surface area (Å²) in [5.41, 5.74) is 6.10. The van der Waals surface area contributed by atoms with Crippen LogP contribution in [0.5, 0.6) is 0 Å². The summed E-state index contributed by atoms with van der Waals surface area (Å²) in [5, 5.41) is 0. The first-order valence-corrected chi connectivity index (χ1v) is 9.25. The Morgan fingerprint density at radius 1 is 1.08 bits per heavy atom. The number of rotatable bonds is 7. The molecule has 0 unspecified atom stereocenters. The predicted octanol–water partition coefficient (Wildman–Crippen LogP) is 1.54. The van der Waals surface area contributed by atoms with Gasteiger partial charge in [0.15, 0.2) is 0 Å². The summed E-state index contributed by atoms with van der Waals surface area (Å²) in [6.45, 7) is 1.46. The van der Waals surface area contributed by atoms with Gasteiger partial charge in [0.2, 0.25) is 15.9 Å². The lowest BCUT2D eigenvalue weighted by Crippen LogP contribution is -2.43. The summed E-state index contributed by atoms with van der Waals surface area (Å²) in [6, 6.07) is 13.1. The summed E-state index contributed by atoms with van der Waals surface area (Å²) in [7, 11) is -2.81. The van der Waals surface area contributed by atoms with Crippen LogP contribution < -0.4 is 5.73 Å². The number of nitrogens with zero attached hydrogens (tertiary/aromatic N) is 1. The molecule has 0 aliphatic carbocycles. The van der Waals surface area contributed by atoms with Crippen LogP contribution in [0.15, 0.2) is 59.5 Å². The molecule has 0 saturated heterocycles. The summed E-state index contributed by atoms with van der Waals surface area (Å²) >= 11 is 0. The minimum Gasteiger partial charge on any atom is -0.468 e. The SMILES string of the molecule is COC(=O)[C@H](C)N(Cc1ccccc1)S(=O)(=O)c1ccc(C(N)=O)cc1. The van der Waals surface area contributed by atoms with Gasteiger partial charge in [0.1, 0.15) is 6.04 Å². The van der Waals surface area contributed by atoms with E-state index in [1.165, 1.54) is 38.3 Å². The number of esters is 1. The molecular weight excluding hydrogens is 356 g/mol. The summed E-state index contributed by atoms with van der Waals surface area (Å²) in [4.78, 5) is 23.1. The summed E-state index contributed by atoms with van der Waals surface area (Å²) in [6.07, 6.45) is 0. The van der Waals surface area contributed by atoms with Crippen molar-refractivity contribution in [3.63, 3.8) is 0 Å². The van der Waals surface area contributed by atoms with Crippen molar-refractivity contribution in [2.75, 3.05) is 7.11 Å². The molecule has 0 radical (unpaired) electrons. The van der Waals surface area contributed by atoms with Crippen LogP contribution in [0.1, 0.15) is 22.8 Å². The van der Waals surface area contributed by atoms with Crippen LogP contribution in [0.25, 0.3) is 0 Å². The quantitative estimate of drug-likeness (QED) is 0.738. The minimum atomic E-state index is -4.02. The number of methoxy groups -OCH3 is 1. The maximum Gasteiger partial charge on any atom is 0.323 e. The van der Waals surface area contributed by atoms with E-state index in [1.54, 1.807) is 24.3 Å². The zero-order chi connectivity index (χ0) is 19.3. The van der Waals surface area contributed by atoms with Gasteiger partial charge in [-0.3, -0.25) is 9.59 Å². The minimum absolute atomic E-state index is 0.00297. The first-order chi connectivity index (χ1) is 12.3. The van der Waals surface area contributed by atoms with Gasteiger partial charge in [-0.05, 0) is 36.8 Å². The Hall–Kier alpha value is -2.71. The van der Waals surface area contributed by atoms with Crippen LogP contribution in [0, 0.1) is 0 Å². The molecule has 1 amide bonds. The van der Waals surface area contributed by atoms with E-state index >= 15 is 0 Å². The van der Waals surface area contributed by atoms with E-state index in [4.69, 9.17) is 10.5 Å². The van der Waals surface area contributed by atoms with Crippen LogP contribution in [-0.2, 0) is 26.1 Å². The highest BCUT2D eigenvalue weighted by atomic mass is 32.2. The molecule has 2 aromatic carbocycles. The Labute approximate surface area is 152 Å². The van der Waals surface area contributed by atoms with Gasteiger partial charge in [-0.25, -0.2) is 8.42 Å². The lowest BCUT2D eigenvalue weighted by molar-refractivity contribution is -0.144. The molecule has 0 aromatic heterocycles. The molecule has 0 spiro atoms. The Morgan fingerprint density at radius 2 is 1.65 bits per heavy atom. The monoisotopic (exact) mass is 376 g/mol. The maximum absolute atomic E-state index is 13.1. The standard InChI is InChI=1S/C18H20N2O5S/c1-13(18(22)25-2)20(12-14-6-4-3-5-7-14)26(23,24)16-10-8-15(9-11-16)17(19)21/h3-11,13H,12H2,1-2H3,(H2,19,21)/t13-/m0/s1. The normalized spacial score (nSPS) is 12.6. The zero-order valence-corrected chi connectivity index (χ0v) is 15.3. The average Bonchev–Trinajstić information content (AvgIpc) is 2.65. The second-order valence-electron chi connectivity index (χ2n) is 5.62. The number of hydrogen-bond acceptors (Lipinski definition) is 5. The van der Waals surface area contributed by atoms with Crippen molar-refractivity contribution in [1.29, 1.82) is 0 Å². The third-order valence-corrected chi connectivity index (χ3v) is 5.83. The molecule has 8 heteroatoms. The molecule has 0 saturated carbocycles. The van der Waals surface area contributed by atoms with Gasteiger partial charge in [-0.15, -0.1) is 0 Å². The number of sulfonamides is 1. The van der Waals surface area contributed by atoms with E-state index in [9.17, 15) is 18.0 Å². The van der Waals surface area contributed by atoms with Gasteiger partial charge >= 0.3 is 5.97 Å². The third kappa shape index (κ3) is 4.27. The fraction of sp³-hybridized carbons (Fsp3) is 0.222. The van der Waals surface area contributed by atoms with Gasteiger partial charge in [-0.1, -0.05) is 30.3 Å². The van der Waals surface area contributed by atoms with E-state index in [1.807, 2.05) is 6.07 Å². The van der Waals surface area contributed by atoms with Crippen LogP contribution in [0.3, 0.4) is 0 Å². The molecule has 2 aromatic rings. The van der Waals surface area contributed by atoms with Crippen molar-refractivity contribution in [3.8, 4) is 0 Å². The first kappa shape index (κ1) is 19.6. The Morgan fingerprint density at radius 3 is 2.15 bits per heavy atom. The Kier molecular flexibility index (Phi) is 6.12. The highest BCUT2D eigenvalue weighted by molar-refractivity contribution is 7.89. The van der Waals surface area contributed by atoms with Gasteiger partial charge < -0.3 is 10.5 Å². The van der Waals surface area contributed by atoms with Crippen LogP contribution in [0.2, 0.25) is 0 Å². The second-order valence-corrected chi connectivity index (χ2v) is 7.51. The molecule has 1 atom stereocenters. The number of amides is 1. The van der Waals surface area contributed by atoms with Crippen LogP contribution >= 0.6 is 0 Å². The highest BCUT2D eigenvalue weighted by Crippen LogP contribution is 2.22. The Bertz CT molecular complexity index is 880. The molecule has 0 fully saturated rings. The van der Waals surface area contributed by atoms with Crippen molar-refractivity contribution >= 4 is 21.9 Å². The van der Waals surface area contributed by atoms with Crippen molar-refractivity contribution in [2.24, 2.45) is 5.73 Å². The van der Waals surface area contributed by atoms with Crippen molar-refractivity contribution in [3.05, 3.63) is 65.7 Å². The van der Waals surface area contributed by atoms with E-state index in [-0.39, 0.29) is 17.0 Å². The third-order valence-electron chi connectivity index (χ3n) is 3.90. The lowest BCUT2D eigenvalue weighted by atomic mass is 10.2. The topological polar surface area (TPSA) is 107 Å². The largest absolute Gasteiger partial charge is 0.468 e. The fourth-order valence-electron chi connectivity index (χ4n) is 2.41. The maximum atomic E-state index is 13.1. The number of carbonyl (C=O) groups is 2. The van der Waals surface area contributed by atoms with E-state index in [2.05, 4.69) is 0 Å². The van der Waals surface area contributed by atoms with Crippen molar-refractivity contribution in [1.82, 2.24) is 4.31 Å². The average molecular weight is 376 g/mol. The van der Waals surface area contributed by atoms with Crippen molar-refractivity contribution in [2.45, 2.75) is 24.4 Å². The number of benzene rings is 2. The fourth-order valence-corrected chi connectivity index (χ4v) is 3.98. The molecule has 0 aliphatic heterocycles. The summed E-state index contributed by atoms with van der Waals surface area (Å²) in [5.74, 6) is -1.32. The highest BCUT2D eigenvalue weighted by Gasteiger charge is 2.33. The van der Waals surface area contributed by atoms with E-state index in [0.29, 0.717) is 0 Å².